The molecule has 1 saturated heterocycles. The van der Waals surface area contributed by atoms with Crippen LogP contribution in [0.4, 0.5) is 0 Å². The maximum atomic E-state index is 12.2. The maximum absolute atomic E-state index is 12.2. The van der Waals surface area contributed by atoms with Gasteiger partial charge in [-0.25, -0.2) is 0 Å². The Morgan fingerprint density at radius 3 is 2.95 bits per heavy atom. The van der Waals surface area contributed by atoms with Crippen molar-refractivity contribution in [3.05, 3.63) is 49.1 Å². The average molecular weight is 299 g/mol. The molecular weight excluding hydrogens is 278 g/mol. The summed E-state index contributed by atoms with van der Waals surface area (Å²) < 4.78 is 7.96. The van der Waals surface area contributed by atoms with Crippen molar-refractivity contribution in [1.29, 1.82) is 0 Å². The van der Waals surface area contributed by atoms with Crippen LogP contribution >= 0.6 is 0 Å². The van der Waals surface area contributed by atoms with Gasteiger partial charge < -0.3 is 14.2 Å². The van der Waals surface area contributed by atoms with E-state index in [1.165, 1.54) is 0 Å². The minimum Gasteiger partial charge on any atom is -0.487 e. The molecule has 3 rings (SSSR count). The molecule has 0 aliphatic carbocycles. The van der Waals surface area contributed by atoms with Crippen LogP contribution in [0.15, 0.2) is 49.1 Å². The Morgan fingerprint density at radius 1 is 1.32 bits per heavy atom. The average Bonchev–Trinajstić information content (AvgIpc) is 3.20. The second-order valence-electron chi connectivity index (χ2n) is 5.58. The molecule has 1 atom stereocenters. The SMILES string of the molecule is O=C(CCCn1cccc1)N1CCC(Oc2cccnc2)C1. The number of pyridine rings is 1. The van der Waals surface area contributed by atoms with Gasteiger partial charge >= 0.3 is 0 Å². The third-order valence-electron chi connectivity index (χ3n) is 3.91. The van der Waals surface area contributed by atoms with Crippen molar-refractivity contribution in [3.8, 4) is 5.75 Å². The van der Waals surface area contributed by atoms with Gasteiger partial charge in [-0.3, -0.25) is 9.78 Å². The van der Waals surface area contributed by atoms with Crippen LogP contribution in [-0.2, 0) is 11.3 Å². The highest BCUT2D eigenvalue weighted by atomic mass is 16.5. The van der Waals surface area contributed by atoms with Gasteiger partial charge in [-0.05, 0) is 30.7 Å². The van der Waals surface area contributed by atoms with E-state index >= 15 is 0 Å². The number of rotatable bonds is 6. The molecule has 0 N–H and O–H groups in total. The molecule has 3 heterocycles. The second kappa shape index (κ2) is 7.11. The van der Waals surface area contributed by atoms with Gasteiger partial charge in [0, 0.05) is 44.5 Å². The largest absolute Gasteiger partial charge is 0.487 e. The van der Waals surface area contributed by atoms with Crippen LogP contribution in [0.1, 0.15) is 19.3 Å². The molecule has 116 valence electrons. The van der Waals surface area contributed by atoms with Crippen LogP contribution in [0.25, 0.3) is 0 Å². The highest BCUT2D eigenvalue weighted by Gasteiger charge is 2.27. The van der Waals surface area contributed by atoms with Crippen molar-refractivity contribution in [2.75, 3.05) is 13.1 Å². The summed E-state index contributed by atoms with van der Waals surface area (Å²) in [5.41, 5.74) is 0. The summed E-state index contributed by atoms with van der Waals surface area (Å²) in [6, 6.07) is 7.76. The van der Waals surface area contributed by atoms with E-state index in [4.69, 9.17) is 4.74 Å². The lowest BCUT2D eigenvalue weighted by Crippen LogP contribution is -2.30. The molecule has 1 aliphatic rings. The van der Waals surface area contributed by atoms with E-state index in [1.54, 1.807) is 12.4 Å². The number of carbonyl (C=O) groups excluding carboxylic acids is 1. The fourth-order valence-corrected chi connectivity index (χ4v) is 2.75. The molecule has 0 aromatic carbocycles. The standard InChI is InChI=1S/C17H21N3O2/c21-17(6-4-11-19-9-1-2-10-19)20-12-7-16(14-20)22-15-5-3-8-18-13-15/h1-3,5,8-10,13,16H,4,6-7,11-12,14H2. The van der Waals surface area contributed by atoms with E-state index in [9.17, 15) is 4.79 Å². The van der Waals surface area contributed by atoms with E-state index in [0.717, 1.165) is 31.7 Å². The number of ether oxygens (including phenoxy) is 1. The fraction of sp³-hybridized carbons (Fsp3) is 0.412. The molecule has 1 amide bonds. The first-order chi connectivity index (χ1) is 10.8. The molecule has 0 spiro atoms. The highest BCUT2D eigenvalue weighted by Crippen LogP contribution is 2.18. The fourth-order valence-electron chi connectivity index (χ4n) is 2.75. The zero-order chi connectivity index (χ0) is 15.2. The summed E-state index contributed by atoms with van der Waals surface area (Å²) in [5, 5.41) is 0. The van der Waals surface area contributed by atoms with Crippen molar-refractivity contribution >= 4 is 5.91 Å². The molecule has 22 heavy (non-hydrogen) atoms. The number of likely N-dealkylation sites (tertiary alicyclic amines) is 1. The van der Waals surface area contributed by atoms with Crippen LogP contribution in [-0.4, -0.2) is 39.6 Å². The molecule has 0 bridgehead atoms. The van der Waals surface area contributed by atoms with Crippen LogP contribution < -0.4 is 4.74 Å². The molecule has 0 radical (unpaired) electrons. The normalized spacial score (nSPS) is 17.6. The molecule has 1 unspecified atom stereocenters. The first kappa shape index (κ1) is 14.6. The van der Waals surface area contributed by atoms with Crippen molar-refractivity contribution in [2.24, 2.45) is 0 Å². The monoisotopic (exact) mass is 299 g/mol. The maximum Gasteiger partial charge on any atom is 0.222 e. The lowest BCUT2D eigenvalue weighted by Gasteiger charge is -2.17. The molecule has 0 saturated carbocycles. The molecule has 5 nitrogen and oxygen atoms in total. The van der Waals surface area contributed by atoms with Crippen molar-refractivity contribution in [2.45, 2.75) is 31.9 Å². The Hall–Kier alpha value is -2.30. The quantitative estimate of drug-likeness (QED) is 0.822. The van der Waals surface area contributed by atoms with Gasteiger partial charge in [-0.1, -0.05) is 0 Å². The summed E-state index contributed by atoms with van der Waals surface area (Å²) in [4.78, 5) is 18.2. The smallest absolute Gasteiger partial charge is 0.222 e. The molecular formula is C17H21N3O2. The number of carbonyl (C=O) groups is 1. The Labute approximate surface area is 130 Å². The van der Waals surface area contributed by atoms with E-state index in [1.807, 2.05) is 41.6 Å². The predicted octanol–water partition coefficient (Wildman–Crippen LogP) is 2.34. The number of nitrogens with zero attached hydrogens (tertiary/aromatic N) is 3. The second-order valence-corrected chi connectivity index (χ2v) is 5.58. The summed E-state index contributed by atoms with van der Waals surface area (Å²) >= 11 is 0. The summed E-state index contributed by atoms with van der Waals surface area (Å²) in [6.45, 7) is 2.35. The number of hydrogen-bond donors (Lipinski definition) is 0. The number of aryl methyl sites for hydroxylation is 1. The topological polar surface area (TPSA) is 47.4 Å². The van der Waals surface area contributed by atoms with Crippen molar-refractivity contribution in [3.63, 3.8) is 0 Å². The van der Waals surface area contributed by atoms with E-state index in [0.29, 0.717) is 13.0 Å². The minimum atomic E-state index is 0.0811. The van der Waals surface area contributed by atoms with E-state index in [-0.39, 0.29) is 12.0 Å². The number of hydrogen-bond acceptors (Lipinski definition) is 3. The van der Waals surface area contributed by atoms with Gasteiger partial charge in [0.25, 0.3) is 0 Å². The first-order valence-corrected chi connectivity index (χ1v) is 7.76. The lowest BCUT2D eigenvalue weighted by molar-refractivity contribution is -0.130. The van der Waals surface area contributed by atoms with Gasteiger partial charge in [0.15, 0.2) is 0 Å². The Balaban J connectivity index is 1.41. The number of aromatic nitrogens is 2. The summed E-state index contributed by atoms with van der Waals surface area (Å²) in [7, 11) is 0. The van der Waals surface area contributed by atoms with Crippen LogP contribution in [0.2, 0.25) is 0 Å². The Kier molecular flexibility index (Phi) is 4.73. The van der Waals surface area contributed by atoms with Gasteiger partial charge in [0.1, 0.15) is 11.9 Å². The zero-order valence-electron chi connectivity index (χ0n) is 12.6. The van der Waals surface area contributed by atoms with Crippen LogP contribution in [0, 0.1) is 0 Å². The molecule has 1 aliphatic heterocycles. The van der Waals surface area contributed by atoms with Crippen molar-refractivity contribution < 1.29 is 9.53 Å². The minimum absolute atomic E-state index is 0.0811. The first-order valence-electron chi connectivity index (χ1n) is 7.76. The zero-order valence-corrected chi connectivity index (χ0v) is 12.6. The van der Waals surface area contributed by atoms with Crippen LogP contribution in [0.5, 0.6) is 5.75 Å². The van der Waals surface area contributed by atoms with Gasteiger partial charge in [0.05, 0.1) is 12.7 Å². The Morgan fingerprint density at radius 2 is 2.18 bits per heavy atom. The van der Waals surface area contributed by atoms with Gasteiger partial charge in [-0.15, -0.1) is 0 Å². The van der Waals surface area contributed by atoms with Gasteiger partial charge in [0.2, 0.25) is 5.91 Å². The number of amides is 1. The predicted molar refractivity (Wildman–Crippen MR) is 83.5 cm³/mol. The molecule has 1 fully saturated rings. The van der Waals surface area contributed by atoms with Gasteiger partial charge in [-0.2, -0.15) is 0 Å². The third-order valence-corrected chi connectivity index (χ3v) is 3.91. The highest BCUT2D eigenvalue weighted by molar-refractivity contribution is 5.76. The Bertz CT molecular complexity index is 583. The molecule has 2 aromatic heterocycles. The summed E-state index contributed by atoms with van der Waals surface area (Å²) in [5.74, 6) is 0.999. The molecule has 5 heteroatoms. The summed E-state index contributed by atoms with van der Waals surface area (Å²) in [6.07, 6.45) is 9.92. The van der Waals surface area contributed by atoms with Crippen molar-refractivity contribution in [1.82, 2.24) is 14.5 Å². The third kappa shape index (κ3) is 3.87. The van der Waals surface area contributed by atoms with Crippen LogP contribution in [0.3, 0.4) is 0 Å². The van der Waals surface area contributed by atoms with E-state index < -0.39 is 0 Å². The van der Waals surface area contributed by atoms with E-state index in [2.05, 4.69) is 9.55 Å². The lowest BCUT2D eigenvalue weighted by atomic mass is 10.3. The molecule has 2 aromatic rings.